The fourth-order valence-corrected chi connectivity index (χ4v) is 3.39. The largest absolute Gasteiger partial charge is 0.492 e. The van der Waals surface area contributed by atoms with Crippen molar-refractivity contribution in [3.63, 3.8) is 0 Å². The van der Waals surface area contributed by atoms with E-state index in [2.05, 4.69) is 25.7 Å². The molecule has 0 radical (unpaired) electrons. The highest BCUT2D eigenvalue weighted by Gasteiger charge is 2.27. The fourth-order valence-electron chi connectivity index (χ4n) is 1.83. The Bertz CT molecular complexity index is 415. The van der Waals surface area contributed by atoms with E-state index in [1.165, 1.54) is 7.11 Å². The second-order valence-corrected chi connectivity index (χ2v) is 10.4. The van der Waals surface area contributed by atoms with Crippen molar-refractivity contribution in [1.29, 1.82) is 0 Å². The van der Waals surface area contributed by atoms with Crippen molar-refractivity contribution in [3.05, 3.63) is 17.7 Å². The van der Waals surface area contributed by atoms with E-state index in [0.717, 1.165) is 10.8 Å². The van der Waals surface area contributed by atoms with Gasteiger partial charge < -0.3 is 19.5 Å². The topological polar surface area (TPSA) is 58.9 Å². The van der Waals surface area contributed by atoms with Gasteiger partial charge in [-0.3, -0.25) is 0 Å². The molecule has 6 heteroatoms. The minimum Gasteiger partial charge on any atom is -0.468 e. The third-order valence-corrected chi connectivity index (χ3v) is 4.66. The van der Waals surface area contributed by atoms with Gasteiger partial charge in [0.05, 0.1) is 8.07 Å². The van der Waals surface area contributed by atoms with Crippen LogP contribution in [0.1, 0.15) is 5.56 Å². The van der Waals surface area contributed by atoms with Crippen LogP contribution in [0.3, 0.4) is 0 Å². The third kappa shape index (κ3) is 3.59. The fraction of sp³-hybridized carbons (Fsp3) is 0.500. The van der Waals surface area contributed by atoms with Crippen molar-refractivity contribution >= 4 is 25.8 Å². The highest BCUT2D eigenvalue weighted by Crippen LogP contribution is 2.15. The molecule has 0 saturated heterocycles. The van der Waals surface area contributed by atoms with Crippen LogP contribution < -0.4 is 15.4 Å². The minimum absolute atomic E-state index is 0.0975. The van der Waals surface area contributed by atoms with Crippen LogP contribution in [0.4, 0.5) is 0 Å². The molecule has 1 rings (SSSR count). The predicted octanol–water partition coefficient (Wildman–Crippen LogP) is 0.203. The van der Waals surface area contributed by atoms with Crippen LogP contribution in [0, 0.1) is 6.92 Å². The Morgan fingerprint density at radius 3 is 2.28 bits per heavy atom. The van der Waals surface area contributed by atoms with E-state index in [1.807, 2.05) is 6.92 Å². The number of hydrogen-bond acceptors (Lipinski definition) is 4. The molecule has 1 aromatic rings. The molecule has 18 heavy (non-hydrogen) atoms. The van der Waals surface area contributed by atoms with Crippen LogP contribution in [0.15, 0.2) is 12.1 Å². The summed E-state index contributed by atoms with van der Waals surface area (Å²) in [4.78, 5) is 0. The molecule has 1 aromatic carbocycles. The molecule has 100 valence electrons. The van der Waals surface area contributed by atoms with Gasteiger partial charge in [-0.15, -0.1) is 0 Å². The van der Waals surface area contributed by atoms with Gasteiger partial charge in [0.15, 0.2) is 6.79 Å². The molecular formula is C12H21BO4Si. The summed E-state index contributed by atoms with van der Waals surface area (Å²) in [6.45, 7) is 8.61. The summed E-state index contributed by atoms with van der Waals surface area (Å²) in [6, 6.07) is 3.79. The van der Waals surface area contributed by atoms with Gasteiger partial charge in [-0.2, -0.15) is 0 Å². The quantitative estimate of drug-likeness (QED) is 0.592. The van der Waals surface area contributed by atoms with Crippen molar-refractivity contribution in [1.82, 2.24) is 0 Å². The normalized spacial score (nSPS) is 11.5. The van der Waals surface area contributed by atoms with E-state index in [9.17, 15) is 10.0 Å². The molecule has 0 aliphatic carbocycles. The molecule has 0 spiro atoms. The molecule has 0 aromatic heterocycles. The zero-order chi connectivity index (χ0) is 13.9. The molecule has 0 saturated carbocycles. The zero-order valence-corrected chi connectivity index (χ0v) is 12.7. The first-order chi connectivity index (χ1) is 8.27. The van der Waals surface area contributed by atoms with Gasteiger partial charge in [0.2, 0.25) is 0 Å². The smallest absolute Gasteiger partial charge is 0.468 e. The van der Waals surface area contributed by atoms with Crippen molar-refractivity contribution in [2.24, 2.45) is 0 Å². The van der Waals surface area contributed by atoms with E-state index in [-0.39, 0.29) is 6.79 Å². The maximum Gasteiger partial charge on any atom is 0.492 e. The van der Waals surface area contributed by atoms with E-state index < -0.39 is 15.2 Å². The maximum atomic E-state index is 9.47. The first kappa shape index (κ1) is 15.2. The van der Waals surface area contributed by atoms with Crippen molar-refractivity contribution < 1.29 is 19.5 Å². The molecule has 0 fully saturated rings. The number of ether oxygens (including phenoxy) is 2. The first-order valence-corrected chi connectivity index (χ1v) is 9.40. The lowest BCUT2D eigenvalue weighted by atomic mass is 9.79. The lowest BCUT2D eigenvalue weighted by molar-refractivity contribution is 0.0524. The van der Waals surface area contributed by atoms with Crippen molar-refractivity contribution in [2.75, 3.05) is 13.9 Å². The SMILES string of the molecule is COCOc1c(B(O)O)cc(C)cc1[Si](C)(C)C. The highest BCUT2D eigenvalue weighted by atomic mass is 28.3. The van der Waals surface area contributed by atoms with Crippen LogP contribution in [0.25, 0.3) is 0 Å². The van der Waals surface area contributed by atoms with E-state index >= 15 is 0 Å². The monoisotopic (exact) mass is 268 g/mol. The van der Waals surface area contributed by atoms with Crippen LogP contribution in [-0.2, 0) is 4.74 Å². The molecule has 4 nitrogen and oxygen atoms in total. The third-order valence-electron chi connectivity index (χ3n) is 2.67. The van der Waals surface area contributed by atoms with Gasteiger partial charge in [-0.25, -0.2) is 0 Å². The van der Waals surface area contributed by atoms with Gasteiger partial charge in [-0.1, -0.05) is 37.3 Å². The Hall–Kier alpha value is -0.818. The summed E-state index contributed by atoms with van der Waals surface area (Å²) < 4.78 is 10.5. The van der Waals surface area contributed by atoms with Gasteiger partial charge >= 0.3 is 7.12 Å². The summed E-state index contributed by atoms with van der Waals surface area (Å²) in [5, 5.41) is 20.0. The van der Waals surface area contributed by atoms with E-state index in [0.29, 0.717) is 11.2 Å². The summed E-state index contributed by atoms with van der Waals surface area (Å²) >= 11 is 0. The number of rotatable bonds is 5. The molecule has 0 unspecified atom stereocenters. The van der Waals surface area contributed by atoms with Crippen molar-refractivity contribution in [3.8, 4) is 5.75 Å². The zero-order valence-electron chi connectivity index (χ0n) is 11.7. The van der Waals surface area contributed by atoms with Crippen LogP contribution in [-0.4, -0.2) is 39.1 Å². The van der Waals surface area contributed by atoms with E-state index in [1.54, 1.807) is 6.07 Å². The van der Waals surface area contributed by atoms with Gasteiger partial charge in [0.25, 0.3) is 0 Å². The molecule has 0 amide bonds. The Kier molecular flexibility index (Phi) is 4.98. The summed E-state index contributed by atoms with van der Waals surface area (Å²) in [5.41, 5.74) is 1.41. The van der Waals surface area contributed by atoms with Crippen molar-refractivity contribution in [2.45, 2.75) is 26.6 Å². The molecule has 0 aliphatic heterocycles. The first-order valence-electron chi connectivity index (χ1n) is 5.90. The Balaban J connectivity index is 3.38. The lowest BCUT2D eigenvalue weighted by Crippen LogP contribution is -2.44. The molecular weight excluding hydrogens is 247 g/mol. The minimum atomic E-state index is -1.64. The number of benzene rings is 1. The average molecular weight is 268 g/mol. The summed E-state index contributed by atoms with van der Waals surface area (Å²) in [5.74, 6) is 0.552. The summed E-state index contributed by atoms with van der Waals surface area (Å²) in [7, 11) is -1.64. The number of methoxy groups -OCH3 is 1. The Morgan fingerprint density at radius 2 is 1.83 bits per heavy atom. The predicted molar refractivity (Wildman–Crippen MR) is 76.5 cm³/mol. The second kappa shape index (κ2) is 5.88. The molecule has 2 N–H and O–H groups in total. The highest BCUT2D eigenvalue weighted by molar-refractivity contribution is 6.89. The second-order valence-electron chi connectivity index (χ2n) is 5.41. The molecule has 0 aliphatic rings. The Morgan fingerprint density at radius 1 is 1.22 bits per heavy atom. The van der Waals surface area contributed by atoms with Gasteiger partial charge in [0, 0.05) is 12.6 Å². The maximum absolute atomic E-state index is 9.47. The van der Waals surface area contributed by atoms with Crippen LogP contribution >= 0.6 is 0 Å². The number of aryl methyl sites for hydroxylation is 1. The van der Waals surface area contributed by atoms with Crippen LogP contribution in [0.2, 0.25) is 19.6 Å². The Labute approximate surface area is 110 Å². The standard InChI is InChI=1S/C12H21BO4Si/c1-9-6-10(13(14)15)12(17-8-16-2)11(7-9)18(3,4)5/h6-7,14-15H,8H2,1-5H3. The van der Waals surface area contributed by atoms with Gasteiger partial charge in [-0.05, 0) is 12.1 Å². The molecule has 0 bridgehead atoms. The van der Waals surface area contributed by atoms with Gasteiger partial charge in [0.1, 0.15) is 5.75 Å². The molecule has 0 atom stereocenters. The summed E-state index contributed by atoms with van der Waals surface area (Å²) in [6.07, 6.45) is 0. The molecule has 0 heterocycles. The number of hydrogen-bond donors (Lipinski definition) is 2. The average Bonchev–Trinajstić information content (AvgIpc) is 2.25. The van der Waals surface area contributed by atoms with E-state index in [4.69, 9.17) is 9.47 Å². The lowest BCUT2D eigenvalue weighted by Gasteiger charge is -2.24. The van der Waals surface area contributed by atoms with Crippen LogP contribution in [0.5, 0.6) is 5.75 Å².